The normalized spacial score (nSPS) is 20.4. The van der Waals surface area contributed by atoms with Crippen LogP contribution in [0, 0.1) is 11.7 Å². The first-order chi connectivity index (χ1) is 16.7. The fourth-order valence-electron chi connectivity index (χ4n) is 4.77. The Bertz CT molecular complexity index is 1360. The second kappa shape index (κ2) is 9.13. The van der Waals surface area contributed by atoms with Crippen LogP contribution >= 0.6 is 27.5 Å². The number of piperidine rings is 1. The molecule has 3 N–H and O–H groups in total. The van der Waals surface area contributed by atoms with Gasteiger partial charge in [0, 0.05) is 39.1 Å². The third-order valence-corrected chi connectivity index (χ3v) is 7.49. The van der Waals surface area contributed by atoms with Crippen molar-refractivity contribution < 1.29 is 18.8 Å². The summed E-state index contributed by atoms with van der Waals surface area (Å²) in [7, 11) is 0. The predicted octanol–water partition coefficient (Wildman–Crippen LogP) is 4.44. The summed E-state index contributed by atoms with van der Waals surface area (Å²) in [6, 6.07) is 10.9. The van der Waals surface area contributed by atoms with Crippen LogP contribution in [0.5, 0.6) is 0 Å². The number of nitrogens with one attached hydrogen (secondary N) is 1. The van der Waals surface area contributed by atoms with Crippen LogP contribution in [0.3, 0.4) is 0 Å². The lowest BCUT2D eigenvalue weighted by Gasteiger charge is -2.27. The molecule has 0 spiro atoms. The summed E-state index contributed by atoms with van der Waals surface area (Å²) in [6.45, 7) is -0.0464. The van der Waals surface area contributed by atoms with Crippen LogP contribution in [0.25, 0.3) is 11.1 Å². The lowest BCUT2D eigenvalue weighted by atomic mass is 10.0. The Hall–Kier alpha value is -3.17. The molecular weight excluding hydrogens is 539 g/mol. The van der Waals surface area contributed by atoms with Gasteiger partial charge in [-0.25, -0.2) is 4.39 Å². The largest absolute Gasteiger partial charge is 0.366 e. The van der Waals surface area contributed by atoms with Gasteiger partial charge in [0.15, 0.2) is 5.82 Å². The van der Waals surface area contributed by atoms with Crippen LogP contribution in [0.1, 0.15) is 23.2 Å². The highest BCUT2D eigenvalue weighted by Crippen LogP contribution is 2.48. The number of nitrogens with two attached hydrogens (primary N) is 1. The van der Waals surface area contributed by atoms with Crippen LogP contribution < -0.4 is 11.1 Å². The molecule has 180 valence electrons. The van der Waals surface area contributed by atoms with Crippen LogP contribution in [-0.2, 0) is 16.1 Å². The molecule has 10 heteroatoms. The van der Waals surface area contributed by atoms with Crippen LogP contribution in [-0.4, -0.2) is 39.3 Å². The summed E-state index contributed by atoms with van der Waals surface area (Å²) < 4.78 is 17.4. The molecule has 35 heavy (non-hydrogen) atoms. The van der Waals surface area contributed by atoms with E-state index < -0.39 is 23.7 Å². The molecule has 1 saturated carbocycles. The molecule has 5 rings (SSSR count). The smallest absolute Gasteiger partial charge is 0.251 e. The van der Waals surface area contributed by atoms with E-state index in [9.17, 15) is 14.4 Å². The number of amides is 3. The van der Waals surface area contributed by atoms with E-state index >= 15 is 4.39 Å². The zero-order chi connectivity index (χ0) is 24.9. The zero-order valence-electron chi connectivity index (χ0n) is 18.4. The van der Waals surface area contributed by atoms with Gasteiger partial charge in [-0.3, -0.25) is 14.4 Å². The van der Waals surface area contributed by atoms with Gasteiger partial charge in [0.25, 0.3) is 5.91 Å². The molecule has 7 nitrogen and oxygen atoms in total. The minimum atomic E-state index is -0.704. The molecule has 2 aliphatic rings. The Morgan fingerprint density at radius 2 is 1.83 bits per heavy atom. The highest BCUT2D eigenvalue weighted by molar-refractivity contribution is 9.10. The molecule has 0 unspecified atom stereocenters. The molecule has 0 bridgehead atoms. The minimum Gasteiger partial charge on any atom is -0.366 e. The highest BCUT2D eigenvalue weighted by Gasteiger charge is 2.56. The summed E-state index contributed by atoms with van der Waals surface area (Å²) in [4.78, 5) is 39.4. The molecule has 1 saturated heterocycles. The molecule has 0 radical (unpaired) electrons. The highest BCUT2D eigenvalue weighted by atomic mass is 79.9. The van der Waals surface area contributed by atoms with Crippen LogP contribution in [0.2, 0.25) is 5.02 Å². The van der Waals surface area contributed by atoms with Crippen molar-refractivity contribution >= 4 is 50.9 Å². The van der Waals surface area contributed by atoms with Gasteiger partial charge in [0.05, 0.1) is 11.3 Å². The number of rotatable bonds is 6. The number of carbonyl (C=O) groups excluding carboxylic acids is 3. The Morgan fingerprint density at radius 3 is 2.54 bits per heavy atom. The number of hydrogen-bond donors (Lipinski definition) is 2. The minimum absolute atomic E-state index is 0.00725. The summed E-state index contributed by atoms with van der Waals surface area (Å²) >= 11 is 9.50. The van der Waals surface area contributed by atoms with Crippen molar-refractivity contribution in [2.45, 2.75) is 31.5 Å². The van der Waals surface area contributed by atoms with Crippen molar-refractivity contribution in [1.29, 1.82) is 0 Å². The van der Waals surface area contributed by atoms with Crippen molar-refractivity contribution in [2.24, 2.45) is 11.7 Å². The van der Waals surface area contributed by atoms with Crippen LogP contribution in [0.15, 0.2) is 59.3 Å². The quantitative estimate of drug-likeness (QED) is 0.467. The third kappa shape index (κ3) is 4.46. The Kier molecular flexibility index (Phi) is 6.14. The van der Waals surface area contributed by atoms with Crippen molar-refractivity contribution in [2.75, 3.05) is 5.32 Å². The van der Waals surface area contributed by atoms with Gasteiger partial charge in [-0.1, -0.05) is 41.9 Å². The van der Waals surface area contributed by atoms with Gasteiger partial charge in [-0.2, -0.15) is 0 Å². The van der Waals surface area contributed by atoms with Gasteiger partial charge in [-0.15, -0.1) is 0 Å². The van der Waals surface area contributed by atoms with Gasteiger partial charge in [-0.05, 0) is 46.8 Å². The van der Waals surface area contributed by atoms with Crippen molar-refractivity contribution in [3.63, 3.8) is 0 Å². The maximum Gasteiger partial charge on any atom is 0.251 e. The number of nitrogens with zero attached hydrogens (tertiary/aromatic N) is 2. The number of benzene rings is 2. The lowest BCUT2D eigenvalue weighted by molar-refractivity contribution is -0.138. The lowest BCUT2D eigenvalue weighted by Crippen LogP contribution is -2.46. The van der Waals surface area contributed by atoms with E-state index in [0.29, 0.717) is 21.5 Å². The van der Waals surface area contributed by atoms with Crippen molar-refractivity contribution in [1.82, 2.24) is 9.47 Å². The molecule has 3 amide bonds. The van der Waals surface area contributed by atoms with Gasteiger partial charge in [0.1, 0.15) is 12.6 Å². The van der Waals surface area contributed by atoms with Crippen LogP contribution in [0.4, 0.5) is 10.1 Å². The van der Waals surface area contributed by atoms with E-state index in [1.54, 1.807) is 52.1 Å². The molecule has 2 heterocycles. The summed E-state index contributed by atoms with van der Waals surface area (Å²) in [5, 5.41) is 3.07. The van der Waals surface area contributed by atoms with E-state index in [-0.39, 0.29) is 41.2 Å². The number of likely N-dealkylation sites (tertiary alicyclic amines) is 1. The second-order valence-corrected chi connectivity index (χ2v) is 10.1. The molecule has 1 aromatic heterocycles. The average molecular weight is 560 g/mol. The maximum absolute atomic E-state index is 15.3. The van der Waals surface area contributed by atoms with E-state index in [1.165, 1.54) is 12.3 Å². The zero-order valence-corrected chi connectivity index (χ0v) is 20.7. The SMILES string of the molecule is NC(=O)c1cn(CC(=O)N2[C@@H]3C[C@@H]3C[C@H]2C(=O)Nc2cccc(-c3ccccc3Cl)c2F)cc1Br. The molecule has 2 aromatic carbocycles. The first kappa shape index (κ1) is 23.6. The number of primary amides is 1. The van der Waals surface area contributed by atoms with E-state index in [4.69, 9.17) is 17.3 Å². The van der Waals surface area contributed by atoms with Crippen molar-refractivity contribution in [3.05, 3.63) is 75.7 Å². The van der Waals surface area contributed by atoms with Gasteiger partial charge in [0.2, 0.25) is 11.8 Å². The summed E-state index contributed by atoms with van der Waals surface area (Å²) in [5.41, 5.74) is 6.44. The number of aromatic nitrogens is 1. The van der Waals surface area contributed by atoms with Crippen molar-refractivity contribution in [3.8, 4) is 11.1 Å². The Morgan fingerprint density at radius 1 is 1.09 bits per heavy atom. The van der Waals surface area contributed by atoms with E-state index in [2.05, 4.69) is 21.2 Å². The number of halogens is 3. The van der Waals surface area contributed by atoms with E-state index in [1.807, 2.05) is 0 Å². The average Bonchev–Trinajstić information content (AvgIpc) is 3.31. The maximum atomic E-state index is 15.3. The standard InChI is InChI=1S/C25H21BrClFN4O3/c26-17-11-31(10-16(17)24(29)34)12-22(33)32-20-8-13(20)9-21(32)25(35)30-19-7-3-5-15(23(19)28)14-4-1-2-6-18(14)27/h1-7,10-11,13,20-21H,8-9,12H2,(H2,29,34)(H,30,35)/t13-,20-,21+/m1/s1. The fourth-order valence-corrected chi connectivity index (χ4v) is 5.57. The first-order valence-electron chi connectivity index (χ1n) is 11.0. The second-order valence-electron chi connectivity index (χ2n) is 8.81. The molecule has 2 fully saturated rings. The fraction of sp³-hybridized carbons (Fsp3) is 0.240. The number of anilines is 1. The third-order valence-electron chi connectivity index (χ3n) is 6.53. The summed E-state index contributed by atoms with van der Waals surface area (Å²) in [6.07, 6.45) is 4.46. The Balaban J connectivity index is 1.34. The monoisotopic (exact) mass is 558 g/mol. The number of carbonyl (C=O) groups is 3. The Labute approximate surface area is 214 Å². The van der Waals surface area contributed by atoms with Gasteiger partial charge < -0.3 is 20.5 Å². The van der Waals surface area contributed by atoms with Gasteiger partial charge >= 0.3 is 0 Å². The molecule has 3 aromatic rings. The molecule has 1 aliphatic heterocycles. The molecular formula is C25H21BrClFN4O3. The van der Waals surface area contributed by atoms with E-state index in [0.717, 1.165) is 6.42 Å². The summed E-state index contributed by atoms with van der Waals surface area (Å²) in [5.74, 6) is -1.63. The topological polar surface area (TPSA) is 97.4 Å². The number of fused-ring (bicyclic) bond motifs is 1. The number of hydrogen-bond acceptors (Lipinski definition) is 3. The predicted molar refractivity (Wildman–Crippen MR) is 133 cm³/mol. The molecule has 1 aliphatic carbocycles. The first-order valence-corrected chi connectivity index (χ1v) is 12.2. The molecule has 3 atom stereocenters.